The number of nitrogens with two attached hydrogens (primary N) is 1. The molecule has 0 amide bonds. The van der Waals surface area contributed by atoms with Crippen molar-refractivity contribution in [1.29, 1.82) is 0 Å². The Bertz CT molecular complexity index is 572. The van der Waals surface area contributed by atoms with Gasteiger partial charge in [0, 0.05) is 30.2 Å². The van der Waals surface area contributed by atoms with Crippen LogP contribution in [-0.4, -0.2) is 22.2 Å². The van der Waals surface area contributed by atoms with Crippen molar-refractivity contribution in [1.82, 2.24) is 4.57 Å². The molecule has 96 valence electrons. The molecule has 18 heavy (non-hydrogen) atoms. The highest BCUT2D eigenvalue weighted by Gasteiger charge is 2.10. The van der Waals surface area contributed by atoms with Gasteiger partial charge in [0.25, 0.3) is 0 Å². The van der Waals surface area contributed by atoms with E-state index >= 15 is 0 Å². The second-order valence-electron chi connectivity index (χ2n) is 4.42. The highest BCUT2D eigenvalue weighted by atomic mass is 16.4. The SMILES string of the molecule is CCCc1cn(CCN)c2ccc(C(=O)O)cc12. The quantitative estimate of drug-likeness (QED) is 0.850. The first kappa shape index (κ1) is 12.6. The number of hydrogen-bond acceptors (Lipinski definition) is 2. The number of fused-ring (bicyclic) bond motifs is 1. The molecule has 0 atom stereocenters. The predicted molar refractivity (Wildman–Crippen MR) is 71.9 cm³/mol. The Morgan fingerprint density at radius 3 is 2.83 bits per heavy atom. The Morgan fingerprint density at radius 1 is 1.44 bits per heavy atom. The molecule has 0 aliphatic carbocycles. The summed E-state index contributed by atoms with van der Waals surface area (Å²) >= 11 is 0. The first-order valence-corrected chi connectivity index (χ1v) is 6.22. The molecular weight excluding hydrogens is 228 g/mol. The maximum Gasteiger partial charge on any atom is 0.335 e. The Labute approximate surface area is 106 Å². The van der Waals surface area contributed by atoms with Gasteiger partial charge in [-0.1, -0.05) is 13.3 Å². The molecule has 0 saturated carbocycles. The second-order valence-corrected chi connectivity index (χ2v) is 4.42. The molecule has 0 bridgehead atoms. The van der Waals surface area contributed by atoms with Gasteiger partial charge >= 0.3 is 5.97 Å². The maximum atomic E-state index is 11.0. The van der Waals surface area contributed by atoms with Crippen molar-refractivity contribution in [2.75, 3.05) is 6.54 Å². The van der Waals surface area contributed by atoms with Crippen molar-refractivity contribution >= 4 is 16.9 Å². The monoisotopic (exact) mass is 246 g/mol. The number of benzene rings is 1. The third-order valence-corrected chi connectivity index (χ3v) is 3.10. The molecule has 1 heterocycles. The number of carboxylic acids is 1. The molecule has 0 spiro atoms. The van der Waals surface area contributed by atoms with Crippen LogP contribution in [0.1, 0.15) is 29.3 Å². The topological polar surface area (TPSA) is 68.2 Å². The maximum absolute atomic E-state index is 11.0. The van der Waals surface area contributed by atoms with Crippen molar-refractivity contribution in [3.63, 3.8) is 0 Å². The van der Waals surface area contributed by atoms with Crippen molar-refractivity contribution < 1.29 is 9.90 Å². The summed E-state index contributed by atoms with van der Waals surface area (Å²) in [6, 6.07) is 5.27. The molecule has 0 radical (unpaired) electrons. The first-order valence-electron chi connectivity index (χ1n) is 6.22. The molecule has 1 aromatic carbocycles. The van der Waals surface area contributed by atoms with E-state index in [1.54, 1.807) is 12.1 Å². The molecule has 4 nitrogen and oxygen atoms in total. The largest absolute Gasteiger partial charge is 0.478 e. The van der Waals surface area contributed by atoms with E-state index in [9.17, 15) is 4.79 Å². The van der Waals surface area contributed by atoms with E-state index < -0.39 is 5.97 Å². The Hall–Kier alpha value is -1.81. The molecule has 0 fully saturated rings. The van der Waals surface area contributed by atoms with Crippen LogP contribution in [0.5, 0.6) is 0 Å². The lowest BCUT2D eigenvalue weighted by Crippen LogP contribution is -2.08. The fraction of sp³-hybridized carbons (Fsp3) is 0.357. The van der Waals surface area contributed by atoms with Gasteiger partial charge in [-0.15, -0.1) is 0 Å². The van der Waals surface area contributed by atoms with E-state index in [-0.39, 0.29) is 0 Å². The average Bonchev–Trinajstić information content (AvgIpc) is 2.68. The lowest BCUT2D eigenvalue weighted by Gasteiger charge is -2.02. The smallest absolute Gasteiger partial charge is 0.335 e. The summed E-state index contributed by atoms with van der Waals surface area (Å²) in [5.41, 5.74) is 8.20. The minimum Gasteiger partial charge on any atom is -0.478 e. The Morgan fingerprint density at radius 2 is 2.22 bits per heavy atom. The van der Waals surface area contributed by atoms with Crippen molar-refractivity contribution in [2.24, 2.45) is 5.73 Å². The molecule has 2 rings (SSSR count). The lowest BCUT2D eigenvalue weighted by molar-refractivity contribution is 0.0697. The molecule has 0 saturated heterocycles. The summed E-state index contributed by atoms with van der Waals surface area (Å²) in [6.07, 6.45) is 4.09. The molecule has 4 heteroatoms. The fourth-order valence-electron chi connectivity index (χ4n) is 2.30. The minimum absolute atomic E-state index is 0.338. The van der Waals surface area contributed by atoms with Gasteiger partial charge in [0.15, 0.2) is 0 Å². The molecule has 0 aliphatic heterocycles. The van der Waals surface area contributed by atoms with Crippen LogP contribution >= 0.6 is 0 Å². The lowest BCUT2D eigenvalue weighted by atomic mass is 10.1. The molecule has 1 aromatic heterocycles. The molecule has 0 aliphatic rings. The predicted octanol–water partition coefficient (Wildman–Crippen LogP) is 2.25. The molecule has 2 aromatic rings. The first-order chi connectivity index (χ1) is 8.67. The fourth-order valence-corrected chi connectivity index (χ4v) is 2.30. The Kier molecular flexibility index (Phi) is 3.67. The molecular formula is C14H18N2O2. The van der Waals surface area contributed by atoms with Gasteiger partial charge in [0.1, 0.15) is 0 Å². The standard InChI is InChI=1S/C14H18N2O2/c1-2-3-11-9-16(7-6-15)13-5-4-10(14(17)18)8-12(11)13/h4-5,8-9H,2-3,6-7,15H2,1H3,(H,17,18). The number of aromatic carboxylic acids is 1. The number of carboxylic acid groups (broad SMARTS) is 1. The number of aryl methyl sites for hydroxylation is 1. The zero-order valence-corrected chi connectivity index (χ0v) is 10.5. The zero-order chi connectivity index (χ0) is 13.1. The Balaban J connectivity index is 2.59. The minimum atomic E-state index is -0.883. The van der Waals surface area contributed by atoms with Gasteiger partial charge < -0.3 is 15.4 Å². The van der Waals surface area contributed by atoms with Crippen LogP contribution in [0, 0.1) is 0 Å². The number of hydrogen-bond donors (Lipinski definition) is 2. The molecule has 0 unspecified atom stereocenters. The summed E-state index contributed by atoms with van der Waals surface area (Å²) in [4.78, 5) is 11.0. The summed E-state index contributed by atoms with van der Waals surface area (Å²) in [5, 5.41) is 10.1. The third-order valence-electron chi connectivity index (χ3n) is 3.10. The second kappa shape index (κ2) is 5.23. The van der Waals surface area contributed by atoms with Gasteiger partial charge in [-0.3, -0.25) is 0 Å². The van der Waals surface area contributed by atoms with Gasteiger partial charge in [-0.25, -0.2) is 4.79 Å². The van der Waals surface area contributed by atoms with Crippen LogP contribution in [0.2, 0.25) is 0 Å². The summed E-state index contributed by atoms with van der Waals surface area (Å²) in [6.45, 7) is 3.45. The van der Waals surface area contributed by atoms with E-state index in [4.69, 9.17) is 10.8 Å². The number of carbonyl (C=O) groups is 1. The van der Waals surface area contributed by atoms with E-state index in [1.165, 1.54) is 5.56 Å². The van der Waals surface area contributed by atoms with E-state index in [0.717, 1.165) is 30.3 Å². The summed E-state index contributed by atoms with van der Waals surface area (Å²) in [5.74, 6) is -0.883. The van der Waals surface area contributed by atoms with Gasteiger partial charge in [0.2, 0.25) is 0 Å². The van der Waals surface area contributed by atoms with Crippen LogP contribution in [0.4, 0.5) is 0 Å². The van der Waals surface area contributed by atoms with E-state index in [1.807, 2.05) is 6.07 Å². The van der Waals surface area contributed by atoms with Crippen molar-refractivity contribution in [3.8, 4) is 0 Å². The highest BCUT2D eigenvalue weighted by molar-refractivity contribution is 5.95. The van der Waals surface area contributed by atoms with Crippen LogP contribution in [-0.2, 0) is 13.0 Å². The summed E-state index contributed by atoms with van der Waals surface area (Å²) < 4.78 is 2.10. The van der Waals surface area contributed by atoms with E-state index in [0.29, 0.717) is 12.1 Å². The van der Waals surface area contributed by atoms with Gasteiger partial charge in [-0.2, -0.15) is 0 Å². The van der Waals surface area contributed by atoms with Crippen LogP contribution in [0.25, 0.3) is 10.9 Å². The van der Waals surface area contributed by atoms with Crippen LogP contribution < -0.4 is 5.73 Å². The normalized spacial score (nSPS) is 11.0. The number of aromatic nitrogens is 1. The number of rotatable bonds is 5. The van der Waals surface area contributed by atoms with Crippen molar-refractivity contribution in [2.45, 2.75) is 26.3 Å². The average molecular weight is 246 g/mol. The summed E-state index contributed by atoms with van der Waals surface area (Å²) in [7, 11) is 0. The third kappa shape index (κ3) is 2.24. The zero-order valence-electron chi connectivity index (χ0n) is 10.5. The van der Waals surface area contributed by atoms with Crippen LogP contribution in [0.15, 0.2) is 24.4 Å². The highest BCUT2D eigenvalue weighted by Crippen LogP contribution is 2.24. The van der Waals surface area contributed by atoms with E-state index in [2.05, 4.69) is 17.7 Å². The van der Waals surface area contributed by atoms with Gasteiger partial charge in [0.05, 0.1) is 5.56 Å². The number of nitrogens with zero attached hydrogens (tertiary/aromatic N) is 1. The molecule has 3 N–H and O–H groups in total. The van der Waals surface area contributed by atoms with Gasteiger partial charge in [-0.05, 0) is 30.2 Å². The van der Waals surface area contributed by atoms with Crippen LogP contribution in [0.3, 0.4) is 0 Å². The van der Waals surface area contributed by atoms with Crippen molar-refractivity contribution in [3.05, 3.63) is 35.5 Å².